The van der Waals surface area contributed by atoms with Crippen LogP contribution in [0.1, 0.15) is 32.1 Å². The standard InChI is InChI=1S/C19H26N2O3S/c1-20-13-11-18(14-20)8-5-12-21(15-18)17(22)19(9-10-19)25(23,24)16-6-3-2-4-7-16/h2-4,6-7H,5,8-15H2,1H3. The molecule has 0 bridgehead atoms. The predicted octanol–water partition coefficient (Wildman–Crippen LogP) is 1.94. The predicted molar refractivity (Wildman–Crippen MR) is 96.0 cm³/mol. The number of piperidine rings is 1. The van der Waals surface area contributed by atoms with Crippen molar-refractivity contribution in [2.24, 2.45) is 5.41 Å². The fourth-order valence-corrected chi connectivity index (χ4v) is 6.66. The van der Waals surface area contributed by atoms with E-state index in [0.29, 0.717) is 25.9 Å². The summed E-state index contributed by atoms with van der Waals surface area (Å²) in [6.07, 6.45) is 4.12. The molecule has 2 saturated heterocycles. The lowest BCUT2D eigenvalue weighted by Crippen LogP contribution is -2.52. The van der Waals surface area contributed by atoms with E-state index in [2.05, 4.69) is 11.9 Å². The first-order valence-corrected chi connectivity index (χ1v) is 10.6. The van der Waals surface area contributed by atoms with E-state index in [-0.39, 0.29) is 16.2 Å². The lowest BCUT2D eigenvalue weighted by molar-refractivity contribution is -0.134. The number of benzene rings is 1. The second-order valence-corrected chi connectivity index (χ2v) is 10.4. The summed E-state index contributed by atoms with van der Waals surface area (Å²) in [6.45, 7) is 3.48. The third kappa shape index (κ3) is 2.70. The van der Waals surface area contributed by atoms with Crippen LogP contribution in [-0.2, 0) is 14.6 Å². The Kier molecular flexibility index (Phi) is 3.96. The number of sulfone groups is 1. The molecule has 2 aliphatic heterocycles. The number of carbonyl (C=O) groups excluding carboxylic acids is 1. The molecule has 1 atom stereocenters. The molecule has 25 heavy (non-hydrogen) atoms. The molecule has 1 spiro atoms. The van der Waals surface area contributed by atoms with E-state index >= 15 is 0 Å². The van der Waals surface area contributed by atoms with Gasteiger partial charge in [-0.05, 0) is 57.8 Å². The lowest BCUT2D eigenvalue weighted by Gasteiger charge is -2.41. The van der Waals surface area contributed by atoms with Crippen molar-refractivity contribution < 1.29 is 13.2 Å². The molecular weight excluding hydrogens is 336 g/mol. The molecule has 0 aromatic heterocycles. The van der Waals surface area contributed by atoms with Gasteiger partial charge in [0.1, 0.15) is 0 Å². The summed E-state index contributed by atoms with van der Waals surface area (Å²) < 4.78 is 25.0. The van der Waals surface area contributed by atoms with Gasteiger partial charge in [0.2, 0.25) is 5.91 Å². The van der Waals surface area contributed by atoms with Crippen LogP contribution >= 0.6 is 0 Å². The van der Waals surface area contributed by atoms with Gasteiger partial charge in [0.05, 0.1) is 4.90 Å². The van der Waals surface area contributed by atoms with E-state index < -0.39 is 14.6 Å². The molecule has 1 saturated carbocycles. The summed E-state index contributed by atoms with van der Waals surface area (Å²) in [5.41, 5.74) is 0.162. The number of carbonyl (C=O) groups is 1. The Morgan fingerprint density at radius 3 is 2.32 bits per heavy atom. The first-order chi connectivity index (χ1) is 11.9. The van der Waals surface area contributed by atoms with Crippen molar-refractivity contribution in [3.8, 4) is 0 Å². The third-order valence-corrected chi connectivity index (χ3v) is 8.74. The van der Waals surface area contributed by atoms with Gasteiger partial charge in [0.25, 0.3) is 0 Å². The van der Waals surface area contributed by atoms with Crippen LogP contribution in [0.25, 0.3) is 0 Å². The van der Waals surface area contributed by atoms with Crippen molar-refractivity contribution in [1.29, 1.82) is 0 Å². The summed E-state index contributed by atoms with van der Waals surface area (Å²) in [6, 6.07) is 8.44. The van der Waals surface area contributed by atoms with Crippen LogP contribution in [0.4, 0.5) is 0 Å². The number of rotatable bonds is 3. The Labute approximate surface area is 149 Å². The molecule has 1 aromatic carbocycles. The molecule has 1 unspecified atom stereocenters. The zero-order valence-corrected chi connectivity index (χ0v) is 15.6. The van der Waals surface area contributed by atoms with Crippen LogP contribution in [0.15, 0.2) is 35.2 Å². The topological polar surface area (TPSA) is 57.7 Å². The molecule has 1 amide bonds. The highest BCUT2D eigenvalue weighted by molar-refractivity contribution is 7.94. The van der Waals surface area contributed by atoms with Gasteiger partial charge >= 0.3 is 0 Å². The first kappa shape index (κ1) is 17.0. The van der Waals surface area contributed by atoms with E-state index in [4.69, 9.17) is 0 Å². The second-order valence-electron chi connectivity index (χ2n) is 8.13. The maximum Gasteiger partial charge on any atom is 0.244 e. The Morgan fingerprint density at radius 1 is 1.00 bits per heavy atom. The van der Waals surface area contributed by atoms with Gasteiger partial charge in [-0.1, -0.05) is 18.2 Å². The molecule has 1 aliphatic carbocycles. The molecule has 3 fully saturated rings. The molecule has 136 valence electrons. The van der Waals surface area contributed by atoms with Crippen LogP contribution in [-0.4, -0.2) is 62.1 Å². The Balaban J connectivity index is 1.58. The molecule has 6 heteroatoms. The van der Waals surface area contributed by atoms with Crippen molar-refractivity contribution in [3.05, 3.63) is 30.3 Å². The number of hydrogen-bond donors (Lipinski definition) is 0. The van der Waals surface area contributed by atoms with Crippen molar-refractivity contribution in [2.75, 3.05) is 33.2 Å². The Morgan fingerprint density at radius 2 is 1.72 bits per heavy atom. The van der Waals surface area contributed by atoms with Crippen LogP contribution in [0.5, 0.6) is 0 Å². The van der Waals surface area contributed by atoms with E-state index in [1.165, 1.54) is 0 Å². The van der Waals surface area contributed by atoms with Gasteiger partial charge in [-0.15, -0.1) is 0 Å². The fourth-order valence-electron chi connectivity index (χ4n) is 4.70. The minimum absolute atomic E-state index is 0.162. The molecule has 2 heterocycles. The second kappa shape index (κ2) is 5.81. The number of amides is 1. The molecule has 0 radical (unpaired) electrons. The highest BCUT2D eigenvalue weighted by Gasteiger charge is 2.63. The van der Waals surface area contributed by atoms with Crippen molar-refractivity contribution >= 4 is 15.7 Å². The van der Waals surface area contributed by atoms with Crippen LogP contribution < -0.4 is 0 Å². The monoisotopic (exact) mass is 362 g/mol. The highest BCUT2D eigenvalue weighted by atomic mass is 32.2. The largest absolute Gasteiger partial charge is 0.341 e. The minimum atomic E-state index is -3.62. The summed E-state index contributed by atoms with van der Waals surface area (Å²) in [4.78, 5) is 17.7. The SMILES string of the molecule is CN1CCC2(CCCN(C(=O)C3(S(=O)(=O)c4ccccc4)CC3)C2)C1. The van der Waals surface area contributed by atoms with E-state index in [0.717, 1.165) is 32.4 Å². The van der Waals surface area contributed by atoms with Crippen LogP contribution in [0.3, 0.4) is 0 Å². The smallest absolute Gasteiger partial charge is 0.244 e. The Hall–Kier alpha value is -1.40. The van der Waals surface area contributed by atoms with Crippen molar-refractivity contribution in [2.45, 2.75) is 41.7 Å². The van der Waals surface area contributed by atoms with Crippen LogP contribution in [0, 0.1) is 5.41 Å². The lowest BCUT2D eigenvalue weighted by atomic mass is 9.79. The minimum Gasteiger partial charge on any atom is -0.341 e. The summed E-state index contributed by atoms with van der Waals surface area (Å²) in [7, 11) is -1.50. The fraction of sp³-hybridized carbons (Fsp3) is 0.632. The molecule has 1 aromatic rings. The normalized spacial score (nSPS) is 29.1. The molecule has 5 nitrogen and oxygen atoms in total. The Bertz CT molecular complexity index is 769. The summed E-state index contributed by atoms with van der Waals surface area (Å²) in [5, 5.41) is 0. The third-order valence-electron chi connectivity index (χ3n) is 6.24. The number of hydrogen-bond acceptors (Lipinski definition) is 4. The van der Waals surface area contributed by atoms with Gasteiger partial charge in [0, 0.05) is 25.0 Å². The van der Waals surface area contributed by atoms with Gasteiger partial charge in [-0.3, -0.25) is 4.79 Å². The van der Waals surface area contributed by atoms with Crippen molar-refractivity contribution in [1.82, 2.24) is 9.80 Å². The highest BCUT2D eigenvalue weighted by Crippen LogP contribution is 2.49. The van der Waals surface area contributed by atoms with Crippen molar-refractivity contribution in [3.63, 3.8) is 0 Å². The zero-order valence-electron chi connectivity index (χ0n) is 14.8. The molecule has 3 aliphatic rings. The zero-order chi connectivity index (χ0) is 17.7. The molecule has 4 rings (SSSR count). The number of nitrogens with zero attached hydrogens (tertiary/aromatic N) is 2. The van der Waals surface area contributed by atoms with Gasteiger partial charge in [-0.2, -0.15) is 0 Å². The summed E-state index contributed by atoms with van der Waals surface area (Å²) >= 11 is 0. The molecule has 0 N–H and O–H groups in total. The summed E-state index contributed by atoms with van der Waals surface area (Å²) in [5.74, 6) is -0.162. The number of likely N-dealkylation sites (tertiary alicyclic amines) is 2. The average molecular weight is 362 g/mol. The van der Waals surface area contributed by atoms with Gasteiger partial charge < -0.3 is 9.80 Å². The molecular formula is C19H26N2O3S. The van der Waals surface area contributed by atoms with E-state index in [1.807, 2.05) is 4.90 Å². The van der Waals surface area contributed by atoms with Crippen LogP contribution in [0.2, 0.25) is 0 Å². The first-order valence-electron chi connectivity index (χ1n) is 9.16. The average Bonchev–Trinajstić information content (AvgIpc) is 3.36. The quantitative estimate of drug-likeness (QED) is 0.825. The van der Waals surface area contributed by atoms with Gasteiger partial charge in [0.15, 0.2) is 14.6 Å². The maximum atomic E-state index is 13.3. The van der Waals surface area contributed by atoms with E-state index in [9.17, 15) is 13.2 Å². The van der Waals surface area contributed by atoms with E-state index in [1.54, 1.807) is 30.3 Å². The van der Waals surface area contributed by atoms with Gasteiger partial charge in [-0.25, -0.2) is 8.42 Å². The maximum absolute atomic E-state index is 13.3.